The Hall–Kier alpha value is -1.62. The van der Waals surface area contributed by atoms with Crippen LogP contribution < -0.4 is 10.5 Å². The summed E-state index contributed by atoms with van der Waals surface area (Å²) in [7, 11) is -3.74. The molecule has 0 aliphatic carbocycles. The van der Waals surface area contributed by atoms with E-state index in [1.165, 1.54) is 18.2 Å². The van der Waals surface area contributed by atoms with Crippen LogP contribution in [0.4, 0.5) is 5.69 Å². The lowest BCUT2D eigenvalue weighted by atomic mass is 9.94. The second-order valence-electron chi connectivity index (χ2n) is 5.23. The maximum atomic E-state index is 12.4. The molecular formula is C14H19N3O3S. The third kappa shape index (κ3) is 3.73. The van der Waals surface area contributed by atoms with Gasteiger partial charge >= 0.3 is 0 Å². The van der Waals surface area contributed by atoms with E-state index < -0.39 is 10.0 Å². The molecule has 1 heterocycles. The standard InChI is InChI=1S/C14H19N3O3S/c1-10(11-4-6-20-7-5-11)17-21(18,19)14-3-2-13(16)8-12(14)9-15/h2-3,8,10-11,17H,4-7,16H2,1H3. The molecule has 114 valence electrons. The Kier molecular flexibility index (Phi) is 4.83. The molecule has 0 aromatic heterocycles. The lowest BCUT2D eigenvalue weighted by Gasteiger charge is -2.28. The fraction of sp³-hybridized carbons (Fsp3) is 0.500. The van der Waals surface area contributed by atoms with Crippen molar-refractivity contribution in [2.45, 2.75) is 30.7 Å². The molecule has 21 heavy (non-hydrogen) atoms. The molecule has 1 aromatic rings. The highest BCUT2D eigenvalue weighted by atomic mass is 32.2. The molecule has 1 unspecified atom stereocenters. The lowest BCUT2D eigenvalue weighted by Crippen LogP contribution is -2.40. The van der Waals surface area contributed by atoms with E-state index in [1.54, 1.807) is 0 Å². The van der Waals surface area contributed by atoms with Crippen molar-refractivity contribution in [3.05, 3.63) is 23.8 Å². The largest absolute Gasteiger partial charge is 0.399 e. The highest BCUT2D eigenvalue weighted by molar-refractivity contribution is 7.89. The summed E-state index contributed by atoms with van der Waals surface area (Å²) in [6, 6.07) is 5.89. The summed E-state index contributed by atoms with van der Waals surface area (Å²) in [6.45, 7) is 3.15. The minimum atomic E-state index is -3.74. The van der Waals surface area contributed by atoms with Gasteiger partial charge in [0.1, 0.15) is 6.07 Å². The van der Waals surface area contributed by atoms with Crippen molar-refractivity contribution < 1.29 is 13.2 Å². The second kappa shape index (κ2) is 6.43. The molecule has 7 heteroatoms. The van der Waals surface area contributed by atoms with E-state index in [0.717, 1.165) is 12.8 Å². The molecule has 1 aliphatic heterocycles. The molecule has 0 amide bonds. The van der Waals surface area contributed by atoms with Crippen LogP contribution >= 0.6 is 0 Å². The van der Waals surface area contributed by atoms with E-state index in [-0.39, 0.29) is 22.4 Å². The van der Waals surface area contributed by atoms with Crippen LogP contribution in [-0.4, -0.2) is 27.7 Å². The van der Waals surface area contributed by atoms with Crippen LogP contribution in [0, 0.1) is 17.2 Å². The Labute approximate surface area is 125 Å². The topological polar surface area (TPSA) is 105 Å². The number of nitrogens with one attached hydrogen (secondary N) is 1. The summed E-state index contributed by atoms with van der Waals surface area (Å²) >= 11 is 0. The zero-order valence-electron chi connectivity index (χ0n) is 11.9. The first-order valence-corrected chi connectivity index (χ1v) is 8.32. The van der Waals surface area contributed by atoms with Crippen LogP contribution in [0.15, 0.2) is 23.1 Å². The van der Waals surface area contributed by atoms with Crippen molar-refractivity contribution in [2.24, 2.45) is 5.92 Å². The van der Waals surface area contributed by atoms with Gasteiger partial charge in [0.05, 0.1) is 10.5 Å². The fourth-order valence-corrected chi connectivity index (χ4v) is 3.94. The van der Waals surface area contributed by atoms with Crippen molar-refractivity contribution >= 4 is 15.7 Å². The van der Waals surface area contributed by atoms with Gasteiger partial charge in [-0.1, -0.05) is 0 Å². The molecule has 0 bridgehead atoms. The number of hydrogen-bond acceptors (Lipinski definition) is 5. The number of ether oxygens (including phenoxy) is 1. The summed E-state index contributed by atoms with van der Waals surface area (Å²) < 4.78 is 32.8. The van der Waals surface area contributed by atoms with Crippen LogP contribution in [0.2, 0.25) is 0 Å². The molecule has 3 N–H and O–H groups in total. The Bertz CT molecular complexity index is 646. The van der Waals surface area contributed by atoms with Crippen LogP contribution in [0.1, 0.15) is 25.3 Å². The SMILES string of the molecule is CC(NS(=O)(=O)c1ccc(N)cc1C#N)C1CCOCC1. The maximum absolute atomic E-state index is 12.4. The molecule has 1 aliphatic rings. The Morgan fingerprint density at radius 3 is 2.71 bits per heavy atom. The average molecular weight is 309 g/mol. The zero-order valence-corrected chi connectivity index (χ0v) is 12.7. The Morgan fingerprint density at radius 2 is 2.10 bits per heavy atom. The third-order valence-electron chi connectivity index (χ3n) is 3.73. The minimum Gasteiger partial charge on any atom is -0.399 e. The number of nitrogens with zero attached hydrogens (tertiary/aromatic N) is 1. The fourth-order valence-electron chi connectivity index (χ4n) is 2.49. The van der Waals surface area contributed by atoms with E-state index in [2.05, 4.69) is 4.72 Å². The summed E-state index contributed by atoms with van der Waals surface area (Å²) in [6.07, 6.45) is 1.66. The van der Waals surface area contributed by atoms with Gasteiger partial charge in [0.2, 0.25) is 10.0 Å². The number of nitrogen functional groups attached to an aromatic ring is 1. The number of nitrogens with two attached hydrogens (primary N) is 1. The van der Waals surface area contributed by atoms with Gasteiger partial charge in [0.15, 0.2) is 0 Å². The molecule has 1 atom stereocenters. The van der Waals surface area contributed by atoms with Gasteiger partial charge < -0.3 is 10.5 Å². The quantitative estimate of drug-likeness (QED) is 0.814. The van der Waals surface area contributed by atoms with Gasteiger partial charge in [-0.25, -0.2) is 13.1 Å². The second-order valence-corrected chi connectivity index (χ2v) is 6.91. The highest BCUT2D eigenvalue weighted by Crippen LogP contribution is 2.22. The van der Waals surface area contributed by atoms with Crippen molar-refractivity contribution in [3.63, 3.8) is 0 Å². The first kappa shape index (κ1) is 15.8. The molecule has 0 radical (unpaired) electrons. The summed E-state index contributed by atoms with van der Waals surface area (Å²) in [5, 5.41) is 9.07. The minimum absolute atomic E-state index is 0.0295. The van der Waals surface area contributed by atoms with Crippen LogP contribution in [0.3, 0.4) is 0 Å². The van der Waals surface area contributed by atoms with Crippen molar-refractivity contribution in [1.82, 2.24) is 4.72 Å². The molecule has 6 nitrogen and oxygen atoms in total. The van der Waals surface area contributed by atoms with Crippen LogP contribution in [0.25, 0.3) is 0 Å². The Balaban J connectivity index is 2.20. The van der Waals surface area contributed by atoms with E-state index in [4.69, 9.17) is 15.7 Å². The highest BCUT2D eigenvalue weighted by Gasteiger charge is 2.27. The molecular weight excluding hydrogens is 290 g/mol. The molecule has 1 aromatic carbocycles. The summed E-state index contributed by atoms with van der Waals surface area (Å²) in [4.78, 5) is -0.0295. The number of anilines is 1. The van der Waals surface area contributed by atoms with Crippen molar-refractivity contribution in [3.8, 4) is 6.07 Å². The molecule has 0 saturated carbocycles. The summed E-state index contributed by atoms with van der Waals surface area (Å²) in [5.74, 6) is 0.243. The first-order valence-electron chi connectivity index (χ1n) is 6.84. The number of rotatable bonds is 4. The Morgan fingerprint density at radius 1 is 1.43 bits per heavy atom. The van der Waals surface area contributed by atoms with E-state index in [0.29, 0.717) is 18.9 Å². The molecule has 0 spiro atoms. The normalized spacial score (nSPS) is 18.1. The molecule has 1 saturated heterocycles. The number of sulfonamides is 1. The van der Waals surface area contributed by atoms with Gasteiger partial charge in [-0.05, 0) is 43.9 Å². The number of benzene rings is 1. The first-order chi connectivity index (χ1) is 9.94. The zero-order chi connectivity index (χ0) is 15.5. The third-order valence-corrected chi connectivity index (χ3v) is 5.34. The predicted molar refractivity (Wildman–Crippen MR) is 78.9 cm³/mol. The van der Waals surface area contributed by atoms with Crippen LogP contribution in [-0.2, 0) is 14.8 Å². The summed E-state index contributed by atoms with van der Waals surface area (Å²) in [5.41, 5.74) is 6.01. The van der Waals surface area contributed by atoms with Gasteiger partial charge in [-0.15, -0.1) is 0 Å². The molecule has 2 rings (SSSR count). The van der Waals surface area contributed by atoms with Gasteiger partial charge in [-0.2, -0.15) is 5.26 Å². The van der Waals surface area contributed by atoms with Gasteiger partial charge in [0, 0.05) is 24.9 Å². The van der Waals surface area contributed by atoms with E-state index >= 15 is 0 Å². The van der Waals surface area contributed by atoms with E-state index in [9.17, 15) is 8.42 Å². The van der Waals surface area contributed by atoms with Crippen LogP contribution in [0.5, 0.6) is 0 Å². The smallest absolute Gasteiger partial charge is 0.242 e. The maximum Gasteiger partial charge on any atom is 0.242 e. The average Bonchev–Trinajstić information content (AvgIpc) is 2.47. The molecule has 1 fully saturated rings. The van der Waals surface area contributed by atoms with Gasteiger partial charge in [-0.3, -0.25) is 0 Å². The lowest BCUT2D eigenvalue weighted by molar-refractivity contribution is 0.0585. The number of hydrogen-bond donors (Lipinski definition) is 2. The predicted octanol–water partition coefficient (Wildman–Crippen LogP) is 1.23. The number of nitriles is 1. The van der Waals surface area contributed by atoms with Gasteiger partial charge in [0.25, 0.3) is 0 Å². The van der Waals surface area contributed by atoms with Crippen molar-refractivity contribution in [2.75, 3.05) is 18.9 Å². The van der Waals surface area contributed by atoms with E-state index in [1.807, 2.05) is 13.0 Å². The van der Waals surface area contributed by atoms with Crippen molar-refractivity contribution in [1.29, 1.82) is 5.26 Å². The monoisotopic (exact) mass is 309 g/mol.